The van der Waals surface area contributed by atoms with Gasteiger partial charge in [-0.15, -0.1) is 0 Å². The van der Waals surface area contributed by atoms with Crippen molar-refractivity contribution < 1.29 is 4.52 Å². The summed E-state index contributed by atoms with van der Waals surface area (Å²) in [5.41, 5.74) is 3.61. The van der Waals surface area contributed by atoms with Crippen LogP contribution in [0.5, 0.6) is 0 Å². The van der Waals surface area contributed by atoms with Crippen LogP contribution in [0.25, 0.3) is 0 Å². The van der Waals surface area contributed by atoms with Crippen molar-refractivity contribution in [3.8, 4) is 0 Å². The Bertz CT molecular complexity index is 459. The first kappa shape index (κ1) is 11.9. The lowest BCUT2D eigenvalue weighted by atomic mass is 10.0. The number of benzene rings is 1. The van der Waals surface area contributed by atoms with E-state index in [4.69, 9.17) is 4.52 Å². The monoisotopic (exact) mass is 229 g/mol. The molecule has 1 aromatic heterocycles. The molecule has 0 fully saturated rings. The maximum atomic E-state index is 5.42. The highest BCUT2D eigenvalue weighted by molar-refractivity contribution is 5.30. The second kappa shape index (κ2) is 5.67. The maximum Gasteiger partial charge on any atom is 0.140 e. The van der Waals surface area contributed by atoms with Crippen molar-refractivity contribution in [1.29, 1.82) is 0 Å². The van der Waals surface area contributed by atoms with Crippen LogP contribution in [0.3, 0.4) is 0 Å². The van der Waals surface area contributed by atoms with Crippen molar-refractivity contribution in [2.75, 3.05) is 0 Å². The molecule has 90 valence electrons. The van der Waals surface area contributed by atoms with Crippen LogP contribution in [0.4, 0.5) is 0 Å². The van der Waals surface area contributed by atoms with Gasteiger partial charge >= 0.3 is 0 Å². The Balaban J connectivity index is 2.17. The summed E-state index contributed by atoms with van der Waals surface area (Å²) in [4.78, 5) is 0. The maximum absolute atomic E-state index is 5.42. The van der Waals surface area contributed by atoms with Crippen molar-refractivity contribution in [3.63, 3.8) is 0 Å². The fourth-order valence-electron chi connectivity index (χ4n) is 2.00. The molecule has 2 rings (SSSR count). The van der Waals surface area contributed by atoms with E-state index in [0.29, 0.717) is 0 Å². The third kappa shape index (κ3) is 2.96. The van der Waals surface area contributed by atoms with Gasteiger partial charge in [-0.05, 0) is 18.9 Å². The molecule has 0 spiro atoms. The number of nitrogens with zero attached hydrogens (tertiary/aromatic N) is 1. The first-order chi connectivity index (χ1) is 8.31. The first-order valence-corrected chi connectivity index (χ1v) is 6.29. The average Bonchev–Trinajstić information content (AvgIpc) is 2.70. The second-order valence-electron chi connectivity index (χ2n) is 4.44. The van der Waals surface area contributed by atoms with Crippen LogP contribution >= 0.6 is 0 Å². The molecule has 0 bridgehead atoms. The lowest BCUT2D eigenvalue weighted by Gasteiger charge is -2.02. The summed E-state index contributed by atoms with van der Waals surface area (Å²) in [5.74, 6) is 1.06. The Kier molecular flexibility index (Phi) is 3.97. The molecule has 0 unspecified atom stereocenters. The SMILES string of the molecule is CCCCc1onc(C)c1Cc1ccccc1. The fraction of sp³-hybridized carbons (Fsp3) is 0.400. The van der Waals surface area contributed by atoms with Crippen molar-refractivity contribution in [3.05, 3.63) is 52.9 Å². The number of rotatable bonds is 5. The molecule has 0 atom stereocenters. The summed E-state index contributed by atoms with van der Waals surface area (Å²) < 4.78 is 5.42. The second-order valence-corrected chi connectivity index (χ2v) is 4.44. The van der Waals surface area contributed by atoms with Crippen molar-refractivity contribution in [1.82, 2.24) is 5.16 Å². The Morgan fingerprint density at radius 2 is 1.94 bits per heavy atom. The Morgan fingerprint density at radius 3 is 2.65 bits per heavy atom. The van der Waals surface area contributed by atoms with Gasteiger partial charge < -0.3 is 4.52 Å². The molecule has 2 nitrogen and oxygen atoms in total. The van der Waals surface area contributed by atoms with Crippen LogP contribution in [0.15, 0.2) is 34.9 Å². The summed E-state index contributed by atoms with van der Waals surface area (Å²) in [6.07, 6.45) is 4.27. The van der Waals surface area contributed by atoms with Crippen molar-refractivity contribution >= 4 is 0 Å². The van der Waals surface area contributed by atoms with Gasteiger partial charge in [-0.1, -0.05) is 48.8 Å². The van der Waals surface area contributed by atoms with Crippen LogP contribution in [-0.2, 0) is 12.8 Å². The van der Waals surface area contributed by atoms with Crippen LogP contribution in [0, 0.1) is 6.92 Å². The van der Waals surface area contributed by atoms with Crippen LogP contribution < -0.4 is 0 Å². The van der Waals surface area contributed by atoms with E-state index in [2.05, 4.69) is 36.3 Å². The zero-order valence-electron chi connectivity index (χ0n) is 10.6. The minimum absolute atomic E-state index is 0.926. The molecule has 0 amide bonds. The minimum atomic E-state index is 0.926. The van der Waals surface area contributed by atoms with E-state index in [1.807, 2.05) is 13.0 Å². The molecular weight excluding hydrogens is 210 g/mol. The molecule has 0 N–H and O–H groups in total. The first-order valence-electron chi connectivity index (χ1n) is 6.29. The summed E-state index contributed by atoms with van der Waals surface area (Å²) in [6.45, 7) is 4.22. The van der Waals surface area contributed by atoms with Gasteiger partial charge in [0.25, 0.3) is 0 Å². The van der Waals surface area contributed by atoms with E-state index in [1.165, 1.54) is 17.5 Å². The van der Waals surface area contributed by atoms with Crippen molar-refractivity contribution in [2.24, 2.45) is 0 Å². The van der Waals surface area contributed by atoms with E-state index >= 15 is 0 Å². The minimum Gasteiger partial charge on any atom is -0.361 e. The zero-order chi connectivity index (χ0) is 12.1. The number of aromatic nitrogens is 1. The molecule has 1 heterocycles. The number of hydrogen-bond acceptors (Lipinski definition) is 2. The van der Waals surface area contributed by atoms with Crippen LogP contribution in [0.1, 0.15) is 42.3 Å². The molecule has 17 heavy (non-hydrogen) atoms. The van der Waals surface area contributed by atoms with E-state index < -0.39 is 0 Å². The molecule has 0 saturated heterocycles. The lowest BCUT2D eigenvalue weighted by Crippen LogP contribution is -1.94. The molecule has 0 aliphatic carbocycles. The molecule has 0 radical (unpaired) electrons. The zero-order valence-corrected chi connectivity index (χ0v) is 10.6. The van der Waals surface area contributed by atoms with Gasteiger partial charge in [-0.25, -0.2) is 0 Å². The number of hydrogen-bond donors (Lipinski definition) is 0. The smallest absolute Gasteiger partial charge is 0.140 e. The van der Waals surface area contributed by atoms with Gasteiger partial charge in [-0.3, -0.25) is 0 Å². The highest BCUT2D eigenvalue weighted by atomic mass is 16.5. The molecule has 2 heteroatoms. The number of aryl methyl sites for hydroxylation is 2. The van der Waals surface area contributed by atoms with Crippen LogP contribution in [0.2, 0.25) is 0 Å². The van der Waals surface area contributed by atoms with E-state index in [-0.39, 0.29) is 0 Å². The quantitative estimate of drug-likeness (QED) is 0.776. The van der Waals surface area contributed by atoms with E-state index in [1.54, 1.807) is 0 Å². The largest absolute Gasteiger partial charge is 0.361 e. The topological polar surface area (TPSA) is 26.0 Å². The predicted octanol–water partition coefficient (Wildman–Crippen LogP) is 3.92. The standard InChI is InChI=1S/C15H19NO/c1-3-4-10-15-14(12(2)16-17-15)11-13-8-6-5-7-9-13/h5-9H,3-4,10-11H2,1-2H3. The number of unbranched alkanes of at least 4 members (excludes halogenated alkanes) is 1. The molecule has 2 aromatic rings. The highest BCUT2D eigenvalue weighted by Crippen LogP contribution is 2.19. The van der Waals surface area contributed by atoms with Gasteiger partial charge in [-0.2, -0.15) is 0 Å². The van der Waals surface area contributed by atoms with E-state index in [0.717, 1.165) is 30.7 Å². The molecule has 0 saturated carbocycles. The summed E-state index contributed by atoms with van der Waals surface area (Å²) >= 11 is 0. The van der Waals surface area contributed by atoms with Crippen LogP contribution in [-0.4, -0.2) is 5.16 Å². The third-order valence-electron chi connectivity index (χ3n) is 3.05. The highest BCUT2D eigenvalue weighted by Gasteiger charge is 2.12. The molecule has 0 aliphatic rings. The lowest BCUT2D eigenvalue weighted by molar-refractivity contribution is 0.375. The van der Waals surface area contributed by atoms with E-state index in [9.17, 15) is 0 Å². The van der Waals surface area contributed by atoms with Gasteiger partial charge in [0.2, 0.25) is 0 Å². The fourth-order valence-corrected chi connectivity index (χ4v) is 2.00. The van der Waals surface area contributed by atoms with Crippen molar-refractivity contribution in [2.45, 2.75) is 39.5 Å². The average molecular weight is 229 g/mol. The Labute approximate surface area is 103 Å². The molecule has 1 aromatic carbocycles. The molecule has 0 aliphatic heterocycles. The predicted molar refractivity (Wildman–Crippen MR) is 69.1 cm³/mol. The molecular formula is C15H19NO. The van der Waals surface area contributed by atoms with Gasteiger partial charge in [0.05, 0.1) is 5.69 Å². The Morgan fingerprint density at radius 1 is 1.18 bits per heavy atom. The summed E-state index contributed by atoms with van der Waals surface area (Å²) in [6, 6.07) is 10.5. The van der Waals surface area contributed by atoms with Gasteiger partial charge in [0.1, 0.15) is 5.76 Å². The van der Waals surface area contributed by atoms with Gasteiger partial charge in [0.15, 0.2) is 0 Å². The normalized spacial score (nSPS) is 10.7. The summed E-state index contributed by atoms with van der Waals surface area (Å²) in [7, 11) is 0. The van der Waals surface area contributed by atoms with Gasteiger partial charge in [0, 0.05) is 18.4 Å². The summed E-state index contributed by atoms with van der Waals surface area (Å²) in [5, 5.41) is 4.09. The third-order valence-corrected chi connectivity index (χ3v) is 3.05. The Hall–Kier alpha value is -1.57.